The predicted octanol–water partition coefficient (Wildman–Crippen LogP) is 6.06. The van der Waals surface area contributed by atoms with Crippen molar-refractivity contribution < 1.29 is 27.1 Å². The molecule has 180 valence electrons. The van der Waals surface area contributed by atoms with Crippen molar-refractivity contribution in [2.75, 3.05) is 6.61 Å². The first-order chi connectivity index (χ1) is 16.1. The molecule has 8 heteroatoms. The summed E-state index contributed by atoms with van der Waals surface area (Å²) < 4.78 is 61.9. The maximum absolute atomic E-state index is 13.9. The summed E-state index contributed by atoms with van der Waals surface area (Å²) in [4.78, 5) is 12.8. The molecule has 0 N–H and O–H groups in total. The van der Waals surface area contributed by atoms with Crippen molar-refractivity contribution in [2.45, 2.75) is 45.7 Å². The van der Waals surface area contributed by atoms with Crippen LogP contribution in [-0.2, 0) is 16.0 Å². The maximum atomic E-state index is 13.9. The van der Waals surface area contributed by atoms with Crippen LogP contribution in [0, 0.1) is 29.0 Å². The number of fused-ring (bicyclic) bond motifs is 4. The van der Waals surface area contributed by atoms with Crippen LogP contribution in [0.2, 0.25) is 0 Å². The van der Waals surface area contributed by atoms with Crippen molar-refractivity contribution in [3.63, 3.8) is 0 Å². The van der Waals surface area contributed by atoms with Crippen LogP contribution in [0.3, 0.4) is 0 Å². The lowest BCUT2D eigenvalue weighted by atomic mass is 9.54. The van der Waals surface area contributed by atoms with Crippen molar-refractivity contribution in [1.29, 1.82) is 0 Å². The van der Waals surface area contributed by atoms with E-state index in [1.54, 1.807) is 36.0 Å². The van der Waals surface area contributed by atoms with E-state index in [0.29, 0.717) is 19.3 Å². The lowest BCUT2D eigenvalue weighted by Crippen LogP contribution is -2.48. The van der Waals surface area contributed by atoms with E-state index in [-0.39, 0.29) is 18.8 Å². The molecule has 0 spiro atoms. The van der Waals surface area contributed by atoms with Crippen LogP contribution in [0.25, 0.3) is 11.8 Å². The number of nitrogens with zero attached hydrogens (tertiary/aromatic N) is 2. The SMILES string of the molecule is CCOC(=O)C1[C@H](C(F)(F)F)CC=C2[C@@H]1CCC1=Cc3c(cnn3-c3ccc(F)cc3)C[C@@]12C. The first-order valence-corrected chi connectivity index (χ1v) is 11.6. The fourth-order valence-corrected chi connectivity index (χ4v) is 6.13. The molecule has 1 aromatic heterocycles. The number of ether oxygens (including phenoxy) is 1. The molecule has 1 aromatic carbocycles. The van der Waals surface area contributed by atoms with Crippen molar-refractivity contribution in [3.8, 4) is 5.69 Å². The molecule has 5 rings (SSSR count). The quantitative estimate of drug-likeness (QED) is 0.309. The maximum Gasteiger partial charge on any atom is 0.392 e. The molecule has 0 radical (unpaired) electrons. The van der Waals surface area contributed by atoms with Gasteiger partial charge in [-0.15, -0.1) is 0 Å². The second-order valence-corrected chi connectivity index (χ2v) is 9.59. The standard InChI is InChI=1S/C26H26F4N2O2/c1-3-34-24(33)23-19-9-4-16-12-22-15(14-31-32(22)18-7-5-17(27)6-8-18)13-25(16,2)20(19)10-11-21(23)26(28,29)30/h5-8,10,12,14,19,21,23H,3-4,9,11,13H2,1-2H3/t19-,21+,23?,25-/m0/s1. The summed E-state index contributed by atoms with van der Waals surface area (Å²) in [7, 11) is 0. The van der Waals surface area contributed by atoms with Crippen LogP contribution < -0.4 is 0 Å². The number of hydrogen-bond acceptors (Lipinski definition) is 3. The largest absolute Gasteiger partial charge is 0.466 e. The molecule has 1 unspecified atom stereocenters. The van der Waals surface area contributed by atoms with Gasteiger partial charge in [0.2, 0.25) is 0 Å². The Morgan fingerprint density at radius 3 is 2.68 bits per heavy atom. The van der Waals surface area contributed by atoms with Crippen molar-refractivity contribution in [3.05, 3.63) is 64.8 Å². The van der Waals surface area contributed by atoms with E-state index in [1.165, 1.54) is 12.1 Å². The smallest absolute Gasteiger partial charge is 0.392 e. The van der Waals surface area contributed by atoms with Gasteiger partial charge in [-0.3, -0.25) is 4.79 Å². The second-order valence-electron chi connectivity index (χ2n) is 9.59. The monoisotopic (exact) mass is 474 g/mol. The van der Waals surface area contributed by atoms with Crippen molar-refractivity contribution in [1.82, 2.24) is 9.78 Å². The molecule has 0 bridgehead atoms. The fraction of sp³-hybridized carbons (Fsp3) is 0.462. The van der Waals surface area contributed by atoms with Gasteiger partial charge in [0, 0.05) is 5.41 Å². The summed E-state index contributed by atoms with van der Waals surface area (Å²) in [5.74, 6) is -4.53. The minimum atomic E-state index is -4.47. The number of esters is 1. The number of halogens is 4. The van der Waals surface area contributed by atoms with E-state index >= 15 is 0 Å². The molecule has 4 atom stereocenters. The topological polar surface area (TPSA) is 44.1 Å². The van der Waals surface area contributed by atoms with Gasteiger partial charge in [-0.2, -0.15) is 18.3 Å². The number of allylic oxidation sites excluding steroid dienone is 3. The fourth-order valence-electron chi connectivity index (χ4n) is 6.13. The minimum Gasteiger partial charge on any atom is -0.466 e. The van der Waals surface area contributed by atoms with Crippen LogP contribution in [0.5, 0.6) is 0 Å². The molecule has 1 heterocycles. The lowest BCUT2D eigenvalue weighted by Gasteiger charge is -2.50. The second kappa shape index (κ2) is 8.10. The highest BCUT2D eigenvalue weighted by Gasteiger charge is 2.56. The highest BCUT2D eigenvalue weighted by atomic mass is 19.4. The van der Waals surface area contributed by atoms with Crippen molar-refractivity contribution >= 4 is 12.0 Å². The Bertz CT molecular complexity index is 1180. The summed E-state index contributed by atoms with van der Waals surface area (Å²) in [5.41, 5.74) is 4.17. The van der Waals surface area contributed by atoms with Gasteiger partial charge in [-0.1, -0.05) is 24.1 Å². The molecule has 0 amide bonds. The molecule has 1 saturated carbocycles. The molecule has 3 aliphatic rings. The molecule has 34 heavy (non-hydrogen) atoms. The Hall–Kier alpha value is -2.90. The zero-order valence-electron chi connectivity index (χ0n) is 19.0. The van der Waals surface area contributed by atoms with Gasteiger partial charge in [0.1, 0.15) is 5.82 Å². The van der Waals surface area contributed by atoms with E-state index in [1.807, 2.05) is 0 Å². The van der Waals surface area contributed by atoms with Gasteiger partial charge in [0.05, 0.1) is 36.0 Å². The first kappa shape index (κ1) is 22.9. The Balaban J connectivity index is 1.54. The number of alkyl halides is 3. The van der Waals surface area contributed by atoms with Crippen LogP contribution in [0.15, 0.2) is 47.7 Å². The van der Waals surface area contributed by atoms with Crippen LogP contribution in [0.4, 0.5) is 17.6 Å². The summed E-state index contributed by atoms with van der Waals surface area (Å²) >= 11 is 0. The lowest BCUT2D eigenvalue weighted by molar-refractivity contribution is -0.204. The number of carbonyl (C=O) groups is 1. The Kier molecular flexibility index (Phi) is 5.45. The van der Waals surface area contributed by atoms with Gasteiger partial charge in [-0.05, 0) is 74.4 Å². The van der Waals surface area contributed by atoms with Crippen molar-refractivity contribution in [2.24, 2.45) is 23.2 Å². The molecule has 4 nitrogen and oxygen atoms in total. The molecule has 2 aromatic rings. The average Bonchev–Trinajstić information content (AvgIpc) is 3.18. The summed E-state index contributed by atoms with van der Waals surface area (Å²) in [6.45, 7) is 3.73. The molecule has 0 saturated heterocycles. The first-order valence-electron chi connectivity index (χ1n) is 11.6. The number of hydrogen-bond donors (Lipinski definition) is 0. The zero-order chi connectivity index (χ0) is 24.3. The Morgan fingerprint density at radius 2 is 2.00 bits per heavy atom. The van der Waals surface area contributed by atoms with Gasteiger partial charge >= 0.3 is 12.1 Å². The van der Waals surface area contributed by atoms with E-state index in [0.717, 1.165) is 28.1 Å². The van der Waals surface area contributed by atoms with Gasteiger partial charge in [0.15, 0.2) is 0 Å². The molecule has 0 aliphatic heterocycles. The van der Waals surface area contributed by atoms with Gasteiger partial charge < -0.3 is 4.74 Å². The normalized spacial score (nSPS) is 28.2. The third-order valence-electron chi connectivity index (χ3n) is 7.72. The third-order valence-corrected chi connectivity index (χ3v) is 7.72. The Morgan fingerprint density at radius 1 is 1.26 bits per heavy atom. The summed E-state index contributed by atoms with van der Waals surface area (Å²) in [6, 6.07) is 6.09. The number of benzene rings is 1. The molecular weight excluding hydrogens is 448 g/mol. The molecular formula is C26H26F4N2O2. The van der Waals surface area contributed by atoms with Gasteiger partial charge in [0.25, 0.3) is 0 Å². The zero-order valence-corrected chi connectivity index (χ0v) is 19.0. The average molecular weight is 474 g/mol. The Labute approximate surface area is 195 Å². The van der Waals surface area contributed by atoms with Crippen LogP contribution >= 0.6 is 0 Å². The summed E-state index contributed by atoms with van der Waals surface area (Å²) in [5, 5.41) is 4.51. The van der Waals surface area contributed by atoms with Crippen LogP contribution in [-0.4, -0.2) is 28.5 Å². The number of rotatable bonds is 3. The molecule has 1 fully saturated rings. The summed E-state index contributed by atoms with van der Waals surface area (Å²) in [6.07, 6.45) is 2.52. The molecule has 3 aliphatic carbocycles. The van der Waals surface area contributed by atoms with Crippen LogP contribution in [0.1, 0.15) is 44.4 Å². The minimum absolute atomic E-state index is 0.0556. The highest BCUT2D eigenvalue weighted by molar-refractivity contribution is 5.75. The van der Waals surface area contributed by atoms with E-state index in [4.69, 9.17) is 4.74 Å². The van der Waals surface area contributed by atoms with E-state index in [2.05, 4.69) is 18.1 Å². The predicted molar refractivity (Wildman–Crippen MR) is 118 cm³/mol. The number of aromatic nitrogens is 2. The number of carbonyl (C=O) groups excluding carboxylic acids is 1. The third kappa shape index (κ3) is 3.58. The van der Waals surface area contributed by atoms with E-state index in [9.17, 15) is 22.4 Å². The van der Waals surface area contributed by atoms with Gasteiger partial charge in [-0.25, -0.2) is 9.07 Å². The highest BCUT2D eigenvalue weighted by Crippen LogP contribution is 2.59. The van der Waals surface area contributed by atoms with E-state index < -0.39 is 35.3 Å².